The van der Waals surface area contributed by atoms with Crippen molar-refractivity contribution in [3.8, 4) is 5.75 Å². The van der Waals surface area contributed by atoms with Crippen molar-refractivity contribution in [1.82, 2.24) is 9.55 Å². The molecular formula is C24H27F3N4O3. The highest BCUT2D eigenvalue weighted by molar-refractivity contribution is 5.93. The highest BCUT2D eigenvalue weighted by Crippen LogP contribution is 2.35. The number of imidazole rings is 1. The predicted molar refractivity (Wildman–Crippen MR) is 124 cm³/mol. The summed E-state index contributed by atoms with van der Waals surface area (Å²) < 4.78 is 44.8. The quantitative estimate of drug-likeness (QED) is 0.468. The fourth-order valence-electron chi connectivity index (χ4n) is 4.59. The second kappa shape index (κ2) is 9.44. The number of H-pyrrole nitrogens is 1. The number of hydrogen-bond donors (Lipinski definition) is 3. The van der Waals surface area contributed by atoms with Gasteiger partial charge in [-0.25, -0.2) is 4.79 Å². The summed E-state index contributed by atoms with van der Waals surface area (Å²) in [6.45, 7) is 0.736. The van der Waals surface area contributed by atoms with Crippen LogP contribution in [0.15, 0.2) is 41.2 Å². The van der Waals surface area contributed by atoms with Crippen LogP contribution < -0.4 is 21.1 Å². The van der Waals surface area contributed by atoms with Crippen LogP contribution in [-0.2, 0) is 4.79 Å². The number of para-hydroxylation sites is 1. The molecule has 2 aromatic carbocycles. The molecular weight excluding hydrogens is 449 g/mol. The van der Waals surface area contributed by atoms with Crippen molar-refractivity contribution in [2.24, 2.45) is 5.92 Å². The lowest BCUT2D eigenvalue weighted by Crippen LogP contribution is -2.31. The number of methoxy groups -OCH3 is 1. The van der Waals surface area contributed by atoms with E-state index in [1.807, 2.05) is 19.1 Å². The molecule has 7 nitrogen and oxygen atoms in total. The third kappa shape index (κ3) is 5.05. The first-order chi connectivity index (χ1) is 16.2. The van der Waals surface area contributed by atoms with E-state index in [4.69, 9.17) is 4.74 Å². The fourth-order valence-corrected chi connectivity index (χ4v) is 4.59. The molecule has 0 aliphatic heterocycles. The lowest BCUT2D eigenvalue weighted by molar-refractivity contribution is -0.121. The SMILES string of the molecule is COc1cc(NC(=O)[C@H]2CC[C@@H](n3c(=O)[nH]c4c(NCC(F)(F)F)cccc43)CC2)ccc1C. The van der Waals surface area contributed by atoms with Gasteiger partial charge in [-0.15, -0.1) is 0 Å². The number of nitrogens with one attached hydrogen (secondary N) is 3. The minimum atomic E-state index is -4.37. The van der Waals surface area contributed by atoms with Crippen LogP contribution in [0.1, 0.15) is 37.3 Å². The van der Waals surface area contributed by atoms with E-state index in [9.17, 15) is 22.8 Å². The molecule has 3 aromatic rings. The van der Waals surface area contributed by atoms with Crippen molar-refractivity contribution in [1.29, 1.82) is 0 Å². The maximum Gasteiger partial charge on any atom is 0.405 e. The Bertz CT molecular complexity index is 1240. The van der Waals surface area contributed by atoms with E-state index < -0.39 is 12.7 Å². The molecule has 34 heavy (non-hydrogen) atoms. The Balaban J connectivity index is 1.45. The van der Waals surface area contributed by atoms with Crippen LogP contribution in [0.25, 0.3) is 11.0 Å². The monoisotopic (exact) mass is 476 g/mol. The maximum absolute atomic E-state index is 12.8. The van der Waals surface area contributed by atoms with Gasteiger partial charge < -0.3 is 20.4 Å². The molecule has 4 rings (SSSR count). The van der Waals surface area contributed by atoms with Gasteiger partial charge in [-0.3, -0.25) is 9.36 Å². The molecule has 0 unspecified atom stereocenters. The summed E-state index contributed by atoms with van der Waals surface area (Å²) in [6, 6.07) is 10.2. The molecule has 0 saturated heterocycles. The number of ether oxygens (including phenoxy) is 1. The Morgan fingerprint density at radius 3 is 2.59 bits per heavy atom. The van der Waals surface area contributed by atoms with E-state index in [0.717, 1.165) is 5.56 Å². The number of rotatable bonds is 6. The average Bonchev–Trinajstić information content (AvgIpc) is 3.14. The van der Waals surface area contributed by atoms with E-state index in [1.54, 1.807) is 29.9 Å². The first kappa shape index (κ1) is 23.7. The molecule has 1 aromatic heterocycles. The summed E-state index contributed by atoms with van der Waals surface area (Å²) in [5.41, 5.74) is 2.41. The van der Waals surface area contributed by atoms with E-state index in [-0.39, 0.29) is 29.2 Å². The van der Waals surface area contributed by atoms with Crippen LogP contribution in [0.4, 0.5) is 24.5 Å². The normalized spacial score (nSPS) is 18.6. The standard InChI is InChI=1S/C24H27F3N4O3/c1-14-6-9-16(12-20(14)34-2)29-22(32)15-7-10-17(11-8-15)31-19-5-3-4-18(21(19)30-23(31)33)28-13-24(25,26)27/h3-6,9,12,15,17,28H,7-8,10-11,13H2,1-2H3,(H,29,32)(H,30,33)/t15-,17+. The van der Waals surface area contributed by atoms with Crippen LogP contribution in [0.3, 0.4) is 0 Å². The second-order valence-corrected chi connectivity index (χ2v) is 8.65. The van der Waals surface area contributed by atoms with Gasteiger partial charge in [-0.2, -0.15) is 13.2 Å². The topological polar surface area (TPSA) is 88.2 Å². The van der Waals surface area contributed by atoms with Gasteiger partial charge in [-0.1, -0.05) is 12.1 Å². The Morgan fingerprint density at radius 1 is 1.18 bits per heavy atom. The average molecular weight is 476 g/mol. The van der Waals surface area contributed by atoms with Crippen LogP contribution >= 0.6 is 0 Å². The van der Waals surface area contributed by atoms with Crippen molar-refractivity contribution >= 4 is 28.3 Å². The van der Waals surface area contributed by atoms with E-state index >= 15 is 0 Å². The zero-order valence-corrected chi connectivity index (χ0v) is 19.0. The number of aryl methyl sites for hydroxylation is 1. The van der Waals surface area contributed by atoms with Crippen molar-refractivity contribution in [2.75, 3.05) is 24.3 Å². The summed E-state index contributed by atoms with van der Waals surface area (Å²) in [4.78, 5) is 28.2. The summed E-state index contributed by atoms with van der Waals surface area (Å²) in [7, 11) is 1.58. The molecule has 0 bridgehead atoms. The summed E-state index contributed by atoms with van der Waals surface area (Å²) in [6.07, 6.45) is -1.94. The lowest BCUT2D eigenvalue weighted by Gasteiger charge is -2.28. The Kier molecular flexibility index (Phi) is 6.58. The number of aromatic amines is 1. The van der Waals surface area contributed by atoms with Gasteiger partial charge in [0.1, 0.15) is 12.3 Å². The van der Waals surface area contributed by atoms with E-state index in [2.05, 4.69) is 15.6 Å². The Hall–Kier alpha value is -3.43. The van der Waals surface area contributed by atoms with Crippen LogP contribution in [0.5, 0.6) is 5.75 Å². The number of benzene rings is 2. The summed E-state index contributed by atoms with van der Waals surface area (Å²) in [5.74, 6) is 0.437. The molecule has 1 aliphatic rings. The smallest absolute Gasteiger partial charge is 0.405 e. The molecule has 1 fully saturated rings. The summed E-state index contributed by atoms with van der Waals surface area (Å²) >= 11 is 0. The Morgan fingerprint density at radius 2 is 1.91 bits per heavy atom. The molecule has 10 heteroatoms. The van der Waals surface area contributed by atoms with Gasteiger partial charge in [0.15, 0.2) is 0 Å². The number of hydrogen-bond acceptors (Lipinski definition) is 4. The number of halogens is 3. The first-order valence-corrected chi connectivity index (χ1v) is 11.2. The van der Waals surface area contributed by atoms with Gasteiger partial charge in [0, 0.05) is 23.7 Å². The number of anilines is 2. The van der Waals surface area contributed by atoms with Crippen molar-refractivity contribution < 1.29 is 22.7 Å². The molecule has 1 saturated carbocycles. The van der Waals surface area contributed by atoms with Gasteiger partial charge >= 0.3 is 11.9 Å². The zero-order chi connectivity index (χ0) is 24.5. The van der Waals surface area contributed by atoms with Gasteiger partial charge in [0.2, 0.25) is 5.91 Å². The second-order valence-electron chi connectivity index (χ2n) is 8.65. The minimum absolute atomic E-state index is 0.0748. The number of aromatic nitrogens is 2. The van der Waals surface area contributed by atoms with Gasteiger partial charge in [0.25, 0.3) is 0 Å². The van der Waals surface area contributed by atoms with Crippen LogP contribution in [0, 0.1) is 12.8 Å². The molecule has 1 heterocycles. The van der Waals surface area contributed by atoms with Crippen LogP contribution in [0.2, 0.25) is 0 Å². The van der Waals surface area contributed by atoms with Crippen LogP contribution in [-0.4, -0.2) is 35.3 Å². The number of carbonyl (C=O) groups is 1. The minimum Gasteiger partial charge on any atom is -0.496 e. The van der Waals surface area contributed by atoms with Crippen molar-refractivity contribution in [2.45, 2.75) is 44.8 Å². The summed E-state index contributed by atoms with van der Waals surface area (Å²) in [5, 5.41) is 5.30. The molecule has 3 N–H and O–H groups in total. The number of carbonyl (C=O) groups excluding carboxylic acids is 1. The van der Waals surface area contributed by atoms with E-state index in [0.29, 0.717) is 48.2 Å². The first-order valence-electron chi connectivity index (χ1n) is 11.2. The molecule has 182 valence electrons. The van der Waals surface area contributed by atoms with Gasteiger partial charge in [-0.05, 0) is 56.4 Å². The maximum atomic E-state index is 12.8. The predicted octanol–water partition coefficient (Wildman–Crippen LogP) is 4.99. The van der Waals surface area contributed by atoms with E-state index in [1.165, 1.54) is 6.07 Å². The molecule has 1 amide bonds. The number of amides is 1. The highest BCUT2D eigenvalue weighted by Gasteiger charge is 2.30. The highest BCUT2D eigenvalue weighted by atomic mass is 19.4. The molecule has 0 spiro atoms. The Labute approximate surface area is 194 Å². The number of alkyl halides is 3. The number of nitrogens with zero attached hydrogens (tertiary/aromatic N) is 1. The van der Waals surface area contributed by atoms with Crippen molar-refractivity contribution in [3.63, 3.8) is 0 Å². The molecule has 0 atom stereocenters. The van der Waals surface area contributed by atoms with Gasteiger partial charge in [0.05, 0.1) is 23.8 Å². The lowest BCUT2D eigenvalue weighted by atomic mass is 9.85. The third-order valence-corrected chi connectivity index (χ3v) is 6.34. The third-order valence-electron chi connectivity index (χ3n) is 6.34. The van der Waals surface area contributed by atoms with Crippen molar-refractivity contribution in [3.05, 3.63) is 52.4 Å². The largest absolute Gasteiger partial charge is 0.496 e. The number of fused-ring (bicyclic) bond motifs is 1. The molecule has 1 aliphatic carbocycles. The molecule has 0 radical (unpaired) electrons. The zero-order valence-electron chi connectivity index (χ0n) is 19.0. The fraction of sp³-hybridized carbons (Fsp3) is 0.417.